The number of nitrogens with zero attached hydrogens (tertiary/aromatic N) is 1. The van der Waals surface area contributed by atoms with E-state index in [0.717, 1.165) is 5.56 Å². The number of halogens is 1. The van der Waals surface area contributed by atoms with Crippen LogP contribution < -0.4 is 5.32 Å². The molecule has 0 aliphatic heterocycles. The molecule has 2 aromatic carbocycles. The van der Waals surface area contributed by atoms with E-state index >= 15 is 0 Å². The molecule has 6 heteroatoms. The summed E-state index contributed by atoms with van der Waals surface area (Å²) in [6.45, 7) is 2.37. The predicted octanol–water partition coefficient (Wildman–Crippen LogP) is 3.65. The molecule has 0 spiro atoms. The highest BCUT2D eigenvalue weighted by Gasteiger charge is 2.27. The average molecular weight is 403 g/mol. The highest BCUT2D eigenvalue weighted by atomic mass is 32.2. The van der Waals surface area contributed by atoms with Crippen molar-refractivity contribution in [2.24, 2.45) is 0 Å². The van der Waals surface area contributed by atoms with Crippen molar-refractivity contribution in [3.63, 3.8) is 0 Å². The van der Waals surface area contributed by atoms with Gasteiger partial charge in [-0.3, -0.25) is 9.59 Å². The number of nitrogens with one attached hydrogen (secondary N) is 1. The summed E-state index contributed by atoms with van der Waals surface area (Å²) in [5, 5.41) is 2.65. The van der Waals surface area contributed by atoms with E-state index in [0.29, 0.717) is 30.7 Å². The van der Waals surface area contributed by atoms with Crippen LogP contribution in [0.2, 0.25) is 0 Å². The monoisotopic (exact) mass is 402 g/mol. The molecule has 1 N–H and O–H groups in total. The van der Waals surface area contributed by atoms with Crippen molar-refractivity contribution in [1.82, 2.24) is 10.2 Å². The maximum Gasteiger partial charge on any atom is 0.242 e. The fraction of sp³-hybridized carbons (Fsp3) is 0.364. The number of hydrogen-bond acceptors (Lipinski definition) is 3. The summed E-state index contributed by atoms with van der Waals surface area (Å²) >= 11 is 1.36. The van der Waals surface area contributed by atoms with Crippen LogP contribution in [0, 0.1) is 5.82 Å². The molecular formula is C22H27FN2O2S. The highest BCUT2D eigenvalue weighted by molar-refractivity contribution is 7.99. The lowest BCUT2D eigenvalue weighted by atomic mass is 10.1. The molecule has 0 aliphatic rings. The number of likely N-dealkylation sites (N-methyl/N-ethyl adjacent to an activating group) is 1. The lowest BCUT2D eigenvalue weighted by molar-refractivity contribution is -0.138. The van der Waals surface area contributed by atoms with E-state index in [4.69, 9.17) is 0 Å². The Balaban J connectivity index is 2.02. The average Bonchev–Trinajstić information content (AvgIpc) is 2.72. The van der Waals surface area contributed by atoms with Crippen LogP contribution in [0.5, 0.6) is 0 Å². The zero-order valence-electron chi connectivity index (χ0n) is 16.4. The molecule has 1 atom stereocenters. The molecule has 0 aromatic heterocycles. The first kappa shape index (κ1) is 22.0. The van der Waals surface area contributed by atoms with Crippen LogP contribution in [0.25, 0.3) is 0 Å². The van der Waals surface area contributed by atoms with Gasteiger partial charge in [0.15, 0.2) is 0 Å². The molecule has 28 heavy (non-hydrogen) atoms. The molecule has 2 amide bonds. The molecule has 0 bridgehead atoms. The Labute approximate surface area is 170 Å². The van der Waals surface area contributed by atoms with Gasteiger partial charge in [0.1, 0.15) is 11.9 Å². The van der Waals surface area contributed by atoms with E-state index in [9.17, 15) is 14.0 Å². The number of rotatable bonds is 10. The summed E-state index contributed by atoms with van der Waals surface area (Å²) in [5.41, 5.74) is 1.69. The second-order valence-electron chi connectivity index (χ2n) is 6.45. The number of carbonyl (C=O) groups excluding carboxylic acids is 2. The molecule has 0 fully saturated rings. The maximum atomic E-state index is 13.8. The van der Waals surface area contributed by atoms with Gasteiger partial charge in [-0.2, -0.15) is 0 Å². The van der Waals surface area contributed by atoms with Crippen molar-refractivity contribution in [3.8, 4) is 0 Å². The first-order valence-electron chi connectivity index (χ1n) is 9.43. The summed E-state index contributed by atoms with van der Waals surface area (Å²) in [4.78, 5) is 26.8. The summed E-state index contributed by atoms with van der Waals surface area (Å²) in [6, 6.07) is 16.0. The van der Waals surface area contributed by atoms with E-state index < -0.39 is 6.04 Å². The van der Waals surface area contributed by atoms with Gasteiger partial charge in [0.2, 0.25) is 11.8 Å². The van der Waals surface area contributed by atoms with Crippen molar-refractivity contribution < 1.29 is 14.0 Å². The number of carbonyl (C=O) groups is 2. The molecule has 150 valence electrons. The second-order valence-corrected chi connectivity index (χ2v) is 7.43. The fourth-order valence-electron chi connectivity index (χ4n) is 3.01. The summed E-state index contributed by atoms with van der Waals surface area (Å²) in [7, 11) is 1.58. The van der Waals surface area contributed by atoms with Gasteiger partial charge in [0.05, 0.1) is 5.75 Å². The van der Waals surface area contributed by atoms with Crippen LogP contribution >= 0.6 is 11.8 Å². The molecule has 2 rings (SSSR count). The quantitative estimate of drug-likeness (QED) is 0.660. The van der Waals surface area contributed by atoms with Crippen LogP contribution in [0.15, 0.2) is 54.6 Å². The van der Waals surface area contributed by atoms with Gasteiger partial charge in [0.25, 0.3) is 0 Å². The van der Waals surface area contributed by atoms with Gasteiger partial charge < -0.3 is 10.2 Å². The Kier molecular flexibility index (Phi) is 9.01. The highest BCUT2D eigenvalue weighted by Crippen LogP contribution is 2.17. The Morgan fingerprint density at radius 3 is 2.43 bits per heavy atom. The standard InChI is InChI=1S/C22H27FN2O2S/c1-3-20(22(27)24-2)25(14-13-17-9-5-4-6-10-17)21(26)16-28-15-18-11-7-8-12-19(18)23/h4-12,20H,3,13-16H2,1-2H3,(H,24,27)/t20-/m1/s1. The van der Waals surface area contributed by atoms with Crippen LogP contribution in [-0.2, 0) is 21.8 Å². The summed E-state index contributed by atoms with van der Waals surface area (Å²) in [5.74, 6) is 0.0918. The summed E-state index contributed by atoms with van der Waals surface area (Å²) < 4.78 is 13.8. The largest absolute Gasteiger partial charge is 0.357 e. The molecule has 0 saturated carbocycles. The fourth-order valence-corrected chi connectivity index (χ4v) is 3.91. The van der Waals surface area contributed by atoms with Gasteiger partial charge in [-0.15, -0.1) is 11.8 Å². The lowest BCUT2D eigenvalue weighted by Gasteiger charge is -2.30. The minimum Gasteiger partial charge on any atom is -0.357 e. The zero-order valence-corrected chi connectivity index (χ0v) is 17.2. The molecule has 0 aliphatic carbocycles. The van der Waals surface area contributed by atoms with Gasteiger partial charge in [-0.1, -0.05) is 55.5 Å². The van der Waals surface area contributed by atoms with E-state index in [-0.39, 0.29) is 23.4 Å². The van der Waals surface area contributed by atoms with E-state index in [1.165, 1.54) is 17.8 Å². The Hall–Kier alpha value is -2.34. The molecular weight excluding hydrogens is 375 g/mol. The van der Waals surface area contributed by atoms with Crippen molar-refractivity contribution in [2.75, 3.05) is 19.3 Å². The van der Waals surface area contributed by atoms with Crippen LogP contribution in [0.3, 0.4) is 0 Å². The predicted molar refractivity (Wildman–Crippen MR) is 113 cm³/mol. The first-order chi connectivity index (χ1) is 13.6. The SMILES string of the molecule is CC[C@H](C(=O)NC)N(CCc1ccccc1)C(=O)CSCc1ccccc1F. The molecule has 0 radical (unpaired) electrons. The van der Waals surface area contributed by atoms with Crippen LogP contribution in [-0.4, -0.2) is 42.1 Å². The topological polar surface area (TPSA) is 49.4 Å². The molecule has 0 unspecified atom stereocenters. The minimum absolute atomic E-state index is 0.104. The third-order valence-corrected chi connectivity index (χ3v) is 5.52. The maximum absolute atomic E-state index is 13.8. The van der Waals surface area contributed by atoms with Gasteiger partial charge in [0, 0.05) is 19.3 Å². The number of thioether (sulfide) groups is 1. The van der Waals surface area contributed by atoms with Crippen LogP contribution in [0.1, 0.15) is 24.5 Å². The normalized spacial score (nSPS) is 11.7. The van der Waals surface area contributed by atoms with Gasteiger partial charge >= 0.3 is 0 Å². The Morgan fingerprint density at radius 2 is 1.79 bits per heavy atom. The Morgan fingerprint density at radius 1 is 1.11 bits per heavy atom. The minimum atomic E-state index is -0.504. The van der Waals surface area contributed by atoms with E-state index in [1.54, 1.807) is 30.1 Å². The Bertz CT molecular complexity index is 770. The molecule has 0 heterocycles. The number of hydrogen-bond donors (Lipinski definition) is 1. The smallest absolute Gasteiger partial charge is 0.242 e. The van der Waals surface area contributed by atoms with Gasteiger partial charge in [-0.05, 0) is 30.0 Å². The van der Waals surface area contributed by atoms with Crippen molar-refractivity contribution in [3.05, 3.63) is 71.5 Å². The molecule has 2 aromatic rings. The first-order valence-corrected chi connectivity index (χ1v) is 10.6. The van der Waals surface area contributed by atoms with E-state index in [2.05, 4.69) is 5.32 Å². The lowest BCUT2D eigenvalue weighted by Crippen LogP contribution is -2.50. The third kappa shape index (κ3) is 6.37. The molecule has 0 saturated heterocycles. The van der Waals surface area contributed by atoms with E-state index in [1.807, 2.05) is 37.3 Å². The van der Waals surface area contributed by atoms with Crippen molar-refractivity contribution in [2.45, 2.75) is 31.6 Å². The van der Waals surface area contributed by atoms with Crippen molar-refractivity contribution >= 4 is 23.6 Å². The number of amides is 2. The van der Waals surface area contributed by atoms with Crippen LogP contribution in [0.4, 0.5) is 4.39 Å². The zero-order chi connectivity index (χ0) is 20.4. The van der Waals surface area contributed by atoms with Gasteiger partial charge in [-0.25, -0.2) is 4.39 Å². The summed E-state index contributed by atoms with van der Waals surface area (Å²) in [6.07, 6.45) is 1.22. The third-order valence-electron chi connectivity index (χ3n) is 4.56. The molecule has 4 nitrogen and oxygen atoms in total. The second kappa shape index (κ2) is 11.5. The van der Waals surface area contributed by atoms with Crippen molar-refractivity contribution in [1.29, 1.82) is 0 Å². The number of benzene rings is 2.